The van der Waals surface area contributed by atoms with Gasteiger partial charge in [0.15, 0.2) is 4.96 Å². The molecule has 0 aliphatic heterocycles. The van der Waals surface area contributed by atoms with E-state index in [1.165, 1.54) is 21.7 Å². The summed E-state index contributed by atoms with van der Waals surface area (Å²) in [6, 6.07) is 29.1. The van der Waals surface area contributed by atoms with Crippen LogP contribution in [0.25, 0.3) is 37.9 Å². The lowest BCUT2D eigenvalue weighted by atomic mass is 10.1. The Kier molecular flexibility index (Phi) is 4.18. The number of nitrogens with zero attached hydrogens (tertiary/aromatic N) is 2. The largest absolute Gasteiger partial charge is 0.497 e. The average Bonchev–Trinajstić information content (AvgIpc) is 3.33. The van der Waals surface area contributed by atoms with Crippen molar-refractivity contribution in [2.24, 2.45) is 0 Å². The highest BCUT2D eigenvalue weighted by molar-refractivity contribution is 7.20. The highest BCUT2D eigenvalue weighted by Gasteiger charge is 2.18. The predicted octanol–water partition coefficient (Wildman–Crippen LogP) is 6.41. The van der Waals surface area contributed by atoms with E-state index >= 15 is 0 Å². The summed E-state index contributed by atoms with van der Waals surface area (Å²) in [7, 11) is 1.68. The van der Waals surface area contributed by atoms with Gasteiger partial charge in [0.2, 0.25) is 0 Å². The van der Waals surface area contributed by atoms with Crippen molar-refractivity contribution in [1.29, 1.82) is 0 Å². The number of benzene rings is 3. The fraction of sp³-hybridized carbons (Fsp3) is 0.0417. The zero-order valence-electron chi connectivity index (χ0n) is 15.4. The zero-order valence-corrected chi connectivity index (χ0v) is 16.2. The van der Waals surface area contributed by atoms with E-state index in [1.54, 1.807) is 18.4 Å². The van der Waals surface area contributed by atoms with E-state index in [0.717, 1.165) is 22.0 Å². The molecule has 0 aliphatic rings. The van der Waals surface area contributed by atoms with Crippen LogP contribution >= 0.6 is 11.3 Å². The van der Waals surface area contributed by atoms with Crippen molar-refractivity contribution in [3.05, 3.63) is 91.1 Å². The first-order valence-electron chi connectivity index (χ1n) is 9.10. The number of imidazole rings is 1. The van der Waals surface area contributed by atoms with Crippen LogP contribution < -0.4 is 4.74 Å². The van der Waals surface area contributed by atoms with Gasteiger partial charge in [0, 0.05) is 17.3 Å². The minimum absolute atomic E-state index is 0.848. The van der Waals surface area contributed by atoms with Gasteiger partial charge < -0.3 is 4.74 Å². The van der Waals surface area contributed by atoms with Crippen LogP contribution in [0.15, 0.2) is 91.1 Å². The molecular weight excluding hydrogens is 364 g/mol. The lowest BCUT2D eigenvalue weighted by molar-refractivity contribution is 0.415. The first-order chi connectivity index (χ1) is 13.8. The molecule has 0 bridgehead atoms. The second kappa shape index (κ2) is 6.98. The second-order valence-electron chi connectivity index (χ2n) is 6.52. The van der Waals surface area contributed by atoms with Gasteiger partial charge >= 0.3 is 0 Å². The van der Waals surface area contributed by atoms with Crippen LogP contribution in [0.1, 0.15) is 0 Å². The molecule has 0 unspecified atom stereocenters. The molecule has 4 heteroatoms. The lowest BCUT2D eigenvalue weighted by Gasteiger charge is -2.05. The van der Waals surface area contributed by atoms with Gasteiger partial charge in [0.25, 0.3) is 0 Å². The van der Waals surface area contributed by atoms with Crippen LogP contribution in [0, 0.1) is 0 Å². The molecule has 0 N–H and O–H groups in total. The minimum atomic E-state index is 0.848. The molecule has 3 nitrogen and oxygen atoms in total. The Bertz CT molecular complexity index is 1220. The van der Waals surface area contributed by atoms with E-state index in [0.29, 0.717) is 0 Å². The van der Waals surface area contributed by atoms with Crippen molar-refractivity contribution in [2.75, 3.05) is 7.11 Å². The van der Waals surface area contributed by atoms with Crippen LogP contribution in [0.2, 0.25) is 0 Å². The molecule has 0 amide bonds. The Morgan fingerprint density at radius 3 is 2.04 bits per heavy atom. The Morgan fingerprint density at radius 1 is 0.750 bits per heavy atom. The van der Waals surface area contributed by atoms with Gasteiger partial charge in [-0.1, -0.05) is 72.0 Å². The van der Waals surface area contributed by atoms with E-state index in [2.05, 4.69) is 59.1 Å². The van der Waals surface area contributed by atoms with Crippen molar-refractivity contribution in [3.8, 4) is 38.7 Å². The number of aromatic nitrogens is 2. The Balaban J connectivity index is 1.70. The highest BCUT2D eigenvalue weighted by Crippen LogP contribution is 2.40. The molecule has 3 aromatic carbocycles. The monoisotopic (exact) mass is 382 g/mol. The molecule has 0 aliphatic carbocycles. The summed E-state index contributed by atoms with van der Waals surface area (Å²) in [6.07, 6.45) is 2.13. The van der Waals surface area contributed by atoms with E-state index in [1.807, 2.05) is 36.4 Å². The summed E-state index contributed by atoms with van der Waals surface area (Å²) in [5.41, 5.74) is 5.62. The number of thiazole rings is 1. The summed E-state index contributed by atoms with van der Waals surface area (Å²) in [5, 5.41) is 0. The third-order valence-corrected chi connectivity index (χ3v) is 5.90. The molecule has 0 saturated carbocycles. The smallest absolute Gasteiger partial charge is 0.195 e. The highest BCUT2D eigenvalue weighted by atomic mass is 32.1. The summed E-state index contributed by atoms with van der Waals surface area (Å²) in [5.74, 6) is 0.848. The fourth-order valence-corrected chi connectivity index (χ4v) is 4.53. The number of hydrogen-bond acceptors (Lipinski definition) is 3. The summed E-state index contributed by atoms with van der Waals surface area (Å²) in [6.45, 7) is 0. The molecule has 2 heterocycles. The van der Waals surface area contributed by atoms with Crippen molar-refractivity contribution < 1.29 is 4.74 Å². The first-order valence-corrected chi connectivity index (χ1v) is 9.92. The van der Waals surface area contributed by atoms with Crippen molar-refractivity contribution >= 4 is 16.3 Å². The maximum Gasteiger partial charge on any atom is 0.195 e. The van der Waals surface area contributed by atoms with Gasteiger partial charge in [-0.2, -0.15) is 0 Å². The minimum Gasteiger partial charge on any atom is -0.497 e. The van der Waals surface area contributed by atoms with Gasteiger partial charge in [-0.15, -0.1) is 0 Å². The van der Waals surface area contributed by atoms with E-state index in [-0.39, 0.29) is 0 Å². The molecule has 0 spiro atoms. The normalized spacial score (nSPS) is 11.0. The van der Waals surface area contributed by atoms with Crippen LogP contribution in [-0.4, -0.2) is 16.5 Å². The molecule has 0 saturated heterocycles. The molecule has 5 rings (SSSR count). The number of rotatable bonds is 4. The Morgan fingerprint density at radius 2 is 1.39 bits per heavy atom. The molecule has 0 fully saturated rings. The van der Waals surface area contributed by atoms with Crippen LogP contribution in [0.3, 0.4) is 0 Å². The number of ether oxygens (including phenoxy) is 1. The van der Waals surface area contributed by atoms with E-state index in [9.17, 15) is 0 Å². The van der Waals surface area contributed by atoms with Crippen LogP contribution in [-0.2, 0) is 0 Å². The fourth-order valence-electron chi connectivity index (χ4n) is 3.40. The molecule has 2 aromatic heterocycles. The van der Waals surface area contributed by atoms with E-state index < -0.39 is 0 Å². The maximum absolute atomic E-state index is 5.27. The Labute approximate surface area is 167 Å². The molecular formula is C24H18N2OS. The van der Waals surface area contributed by atoms with E-state index in [4.69, 9.17) is 9.72 Å². The second-order valence-corrected chi connectivity index (χ2v) is 7.50. The molecule has 28 heavy (non-hydrogen) atoms. The van der Waals surface area contributed by atoms with Gasteiger partial charge in [0.1, 0.15) is 5.75 Å². The third-order valence-electron chi connectivity index (χ3n) is 4.79. The number of methoxy groups -OCH3 is 1. The van der Waals surface area contributed by atoms with Crippen LogP contribution in [0.4, 0.5) is 0 Å². The zero-order chi connectivity index (χ0) is 18.9. The molecule has 0 radical (unpaired) electrons. The van der Waals surface area contributed by atoms with Gasteiger partial charge in [-0.3, -0.25) is 4.40 Å². The van der Waals surface area contributed by atoms with Crippen molar-refractivity contribution in [2.45, 2.75) is 0 Å². The van der Waals surface area contributed by atoms with Gasteiger partial charge in [-0.05, 0) is 29.8 Å². The lowest BCUT2D eigenvalue weighted by Crippen LogP contribution is -1.87. The van der Waals surface area contributed by atoms with Gasteiger partial charge in [0.05, 0.1) is 23.4 Å². The third kappa shape index (κ3) is 2.88. The predicted molar refractivity (Wildman–Crippen MR) is 116 cm³/mol. The summed E-state index contributed by atoms with van der Waals surface area (Å²) < 4.78 is 7.48. The van der Waals surface area contributed by atoms with Gasteiger partial charge in [-0.25, -0.2) is 4.98 Å². The molecule has 136 valence electrons. The standard InChI is InChI=1S/C24H18N2OS/c1-27-20-14-12-17(13-15-20)21-16-26-22(18-8-4-2-5-9-18)23(28-24(26)25-21)19-10-6-3-7-11-19/h2-16H,1H3. The number of fused-ring (bicyclic) bond motifs is 1. The van der Waals surface area contributed by atoms with Crippen LogP contribution in [0.5, 0.6) is 5.75 Å². The average molecular weight is 382 g/mol. The SMILES string of the molecule is COc1ccc(-c2cn3c(-c4ccccc4)c(-c4ccccc4)sc3n2)cc1. The van der Waals surface area contributed by atoms with Crippen molar-refractivity contribution in [1.82, 2.24) is 9.38 Å². The summed E-state index contributed by atoms with van der Waals surface area (Å²) >= 11 is 1.72. The maximum atomic E-state index is 5.27. The first kappa shape index (κ1) is 16.8. The Hall–Kier alpha value is -3.37. The number of hydrogen-bond donors (Lipinski definition) is 0. The topological polar surface area (TPSA) is 26.5 Å². The van der Waals surface area contributed by atoms with Crippen molar-refractivity contribution in [3.63, 3.8) is 0 Å². The summed E-state index contributed by atoms with van der Waals surface area (Å²) in [4.78, 5) is 7.13. The quantitative estimate of drug-likeness (QED) is 0.359. The molecule has 5 aromatic rings. The molecule has 0 atom stereocenters.